The summed E-state index contributed by atoms with van der Waals surface area (Å²) in [6, 6.07) is 2.40. The van der Waals surface area contributed by atoms with Crippen molar-refractivity contribution in [3.05, 3.63) is 47.0 Å². The van der Waals surface area contributed by atoms with Crippen molar-refractivity contribution >= 4 is 5.84 Å². The van der Waals surface area contributed by atoms with Gasteiger partial charge in [0.05, 0.1) is 11.8 Å². The number of nitrogens with two attached hydrogens (primary N) is 1. The van der Waals surface area contributed by atoms with E-state index in [0.29, 0.717) is 23.4 Å². The summed E-state index contributed by atoms with van der Waals surface area (Å²) in [6.45, 7) is 10.5. The number of allylic oxidation sites excluding steroid dienone is 4. The molecule has 2 atom stereocenters. The summed E-state index contributed by atoms with van der Waals surface area (Å²) >= 11 is 0. The lowest BCUT2D eigenvalue weighted by Gasteiger charge is -2.26. The first kappa shape index (κ1) is 18.9. The summed E-state index contributed by atoms with van der Waals surface area (Å²) in [7, 11) is 0. The largest absolute Gasteiger partial charge is 0.489 e. The monoisotopic (exact) mass is 339 g/mol. The van der Waals surface area contributed by atoms with Crippen LogP contribution in [0, 0.1) is 30.2 Å². The van der Waals surface area contributed by atoms with Gasteiger partial charge in [-0.1, -0.05) is 39.3 Å². The fraction of sp³-hybridized carbons (Fsp3) is 0.476. The molecule has 0 heterocycles. The van der Waals surface area contributed by atoms with E-state index in [2.05, 4.69) is 55.4 Å². The van der Waals surface area contributed by atoms with Crippen LogP contribution in [0.25, 0.3) is 0 Å². The van der Waals surface area contributed by atoms with Gasteiger partial charge in [0.25, 0.3) is 0 Å². The molecule has 2 unspecified atom stereocenters. The van der Waals surface area contributed by atoms with E-state index < -0.39 is 0 Å². The zero-order valence-electron chi connectivity index (χ0n) is 15.8. The molecule has 2 aliphatic carbocycles. The van der Waals surface area contributed by atoms with E-state index in [0.717, 1.165) is 23.5 Å². The first-order valence-corrected chi connectivity index (χ1v) is 8.91. The topological polar surface area (TPSA) is 59.6 Å². The minimum absolute atomic E-state index is 0.0932. The molecule has 0 fully saturated rings. The molecule has 0 amide bonds. The van der Waals surface area contributed by atoms with Crippen molar-refractivity contribution in [2.24, 2.45) is 28.5 Å². The Labute approximate surface area is 151 Å². The second-order valence-corrected chi connectivity index (χ2v) is 7.24. The third-order valence-corrected chi connectivity index (χ3v) is 4.29. The Hall–Kier alpha value is -2.41. The van der Waals surface area contributed by atoms with E-state index in [9.17, 15) is 0 Å². The van der Waals surface area contributed by atoms with Crippen LogP contribution >= 0.6 is 0 Å². The number of nitrogens with one attached hydrogen (secondary N) is 1. The molecule has 0 aromatic heterocycles. The average molecular weight is 339 g/mol. The van der Waals surface area contributed by atoms with Gasteiger partial charge >= 0.3 is 0 Å². The van der Waals surface area contributed by atoms with Crippen molar-refractivity contribution in [2.75, 3.05) is 0 Å². The summed E-state index contributed by atoms with van der Waals surface area (Å²) in [4.78, 5) is 4.25. The normalized spacial score (nSPS) is 23.7. The van der Waals surface area contributed by atoms with Gasteiger partial charge < -0.3 is 15.8 Å². The van der Waals surface area contributed by atoms with Crippen LogP contribution in [0.3, 0.4) is 0 Å². The highest BCUT2D eigenvalue weighted by Gasteiger charge is 2.28. The van der Waals surface area contributed by atoms with Crippen LogP contribution < -0.4 is 11.1 Å². The second-order valence-electron chi connectivity index (χ2n) is 7.24. The molecule has 0 saturated heterocycles. The van der Waals surface area contributed by atoms with E-state index in [1.807, 2.05) is 19.9 Å². The maximum Gasteiger partial charge on any atom is 0.146 e. The molecule has 25 heavy (non-hydrogen) atoms. The third-order valence-electron chi connectivity index (χ3n) is 4.29. The van der Waals surface area contributed by atoms with Crippen molar-refractivity contribution in [3.63, 3.8) is 0 Å². The molecule has 0 aromatic rings. The predicted molar refractivity (Wildman–Crippen MR) is 104 cm³/mol. The Morgan fingerprint density at radius 2 is 2.12 bits per heavy atom. The Kier molecular flexibility index (Phi) is 6.14. The maximum absolute atomic E-state index is 6.22. The molecule has 134 valence electrons. The van der Waals surface area contributed by atoms with Crippen LogP contribution in [-0.4, -0.2) is 11.9 Å². The van der Waals surface area contributed by atoms with Crippen LogP contribution in [0.15, 0.2) is 52.0 Å². The number of hydrogen-bond donors (Lipinski definition) is 2. The average Bonchev–Trinajstić information content (AvgIpc) is 2.90. The lowest BCUT2D eigenvalue weighted by molar-refractivity contribution is 0.149. The number of ether oxygens (including phenoxy) is 1. The predicted octanol–water partition coefficient (Wildman–Crippen LogP) is 3.85. The van der Waals surface area contributed by atoms with Gasteiger partial charge in [0.2, 0.25) is 0 Å². The molecule has 4 nitrogen and oxygen atoms in total. The Balaban J connectivity index is 2.31. The van der Waals surface area contributed by atoms with Gasteiger partial charge in [-0.05, 0) is 44.3 Å². The van der Waals surface area contributed by atoms with Gasteiger partial charge in [0.15, 0.2) is 0 Å². The molecule has 0 bridgehead atoms. The summed E-state index contributed by atoms with van der Waals surface area (Å²) in [5.74, 6) is 2.50. The minimum atomic E-state index is 0.0932. The smallest absolute Gasteiger partial charge is 0.146 e. The summed E-state index contributed by atoms with van der Waals surface area (Å²) in [5, 5.41) is 3.39. The van der Waals surface area contributed by atoms with Gasteiger partial charge in [0, 0.05) is 23.2 Å². The van der Waals surface area contributed by atoms with Crippen LogP contribution in [0.1, 0.15) is 41.0 Å². The number of nitrogens with zero attached hydrogens (tertiary/aromatic N) is 1. The summed E-state index contributed by atoms with van der Waals surface area (Å²) in [5.41, 5.74) is 8.78. The van der Waals surface area contributed by atoms with Crippen molar-refractivity contribution in [3.8, 4) is 12.5 Å². The standard InChI is InChI=1S/C21H29N3O/c1-7-23-21(20-16(13(2)3)9-10-17(20)22)24-18-11-8-15(6)12-19(18)25-14(4)5/h1,9-16H,8,22H2,2-6H3,(H,23,24). The van der Waals surface area contributed by atoms with Crippen molar-refractivity contribution in [1.29, 1.82) is 0 Å². The van der Waals surface area contributed by atoms with Crippen molar-refractivity contribution in [2.45, 2.75) is 47.1 Å². The zero-order chi connectivity index (χ0) is 18.6. The molecule has 3 N–H and O–H groups in total. The molecule has 0 saturated carbocycles. The lowest BCUT2D eigenvalue weighted by Crippen LogP contribution is -2.32. The van der Waals surface area contributed by atoms with E-state index >= 15 is 0 Å². The first-order chi connectivity index (χ1) is 11.8. The highest BCUT2D eigenvalue weighted by Crippen LogP contribution is 2.31. The Morgan fingerprint density at radius 1 is 1.40 bits per heavy atom. The molecule has 2 rings (SSSR count). The molecule has 0 aromatic carbocycles. The minimum Gasteiger partial charge on any atom is -0.489 e. The fourth-order valence-electron chi connectivity index (χ4n) is 3.07. The zero-order valence-corrected chi connectivity index (χ0v) is 15.8. The van der Waals surface area contributed by atoms with E-state index in [1.165, 1.54) is 0 Å². The van der Waals surface area contributed by atoms with Gasteiger partial charge in [0.1, 0.15) is 11.6 Å². The number of hydrogen-bond acceptors (Lipinski definition) is 3. The van der Waals surface area contributed by atoms with Crippen LogP contribution in [0.4, 0.5) is 0 Å². The molecule has 0 spiro atoms. The number of amidine groups is 1. The van der Waals surface area contributed by atoms with Gasteiger partial charge in [-0.3, -0.25) is 0 Å². The Morgan fingerprint density at radius 3 is 2.72 bits per heavy atom. The van der Waals surface area contributed by atoms with E-state index in [1.54, 1.807) is 0 Å². The molecular formula is C21H29N3O. The Bertz CT molecular complexity index is 699. The first-order valence-electron chi connectivity index (χ1n) is 8.91. The third kappa shape index (κ3) is 4.57. The molecule has 2 aliphatic rings. The quantitative estimate of drug-likeness (QED) is 0.454. The van der Waals surface area contributed by atoms with Gasteiger partial charge in [-0.15, -0.1) is 0 Å². The van der Waals surface area contributed by atoms with E-state index in [4.69, 9.17) is 16.9 Å². The maximum atomic E-state index is 6.22. The van der Waals surface area contributed by atoms with Crippen molar-refractivity contribution < 1.29 is 4.74 Å². The number of aliphatic imine (C=N–C) groups is 1. The molecular weight excluding hydrogens is 310 g/mol. The van der Waals surface area contributed by atoms with Crippen LogP contribution in [-0.2, 0) is 4.74 Å². The second kappa shape index (κ2) is 8.11. The van der Waals surface area contributed by atoms with Gasteiger partial charge in [-0.25, -0.2) is 0 Å². The summed E-state index contributed by atoms with van der Waals surface area (Å²) < 4.78 is 5.98. The highest BCUT2D eigenvalue weighted by molar-refractivity contribution is 6.02. The van der Waals surface area contributed by atoms with Crippen LogP contribution in [0.2, 0.25) is 0 Å². The lowest BCUT2D eigenvalue weighted by atomic mass is 9.89. The van der Waals surface area contributed by atoms with E-state index in [-0.39, 0.29) is 12.0 Å². The number of terminal acetylenes is 1. The number of rotatable bonds is 5. The fourth-order valence-corrected chi connectivity index (χ4v) is 3.07. The molecule has 0 radical (unpaired) electrons. The molecule has 4 heteroatoms. The van der Waals surface area contributed by atoms with Crippen LogP contribution in [0.5, 0.6) is 0 Å². The van der Waals surface area contributed by atoms with Crippen molar-refractivity contribution in [1.82, 2.24) is 5.32 Å². The summed E-state index contributed by atoms with van der Waals surface area (Å²) in [6.07, 6.45) is 14.8. The highest BCUT2D eigenvalue weighted by atomic mass is 16.5. The SMILES string of the molecule is C#C/N=C(/NC1=CCC(C)C=C1OC(C)C)C1=C(N)C=CC1C(C)C. The molecule has 0 aliphatic heterocycles. The van der Waals surface area contributed by atoms with Gasteiger partial charge in [-0.2, -0.15) is 4.99 Å².